The second-order valence-corrected chi connectivity index (χ2v) is 15.2. The van der Waals surface area contributed by atoms with Crippen LogP contribution < -0.4 is 69.3 Å². The Morgan fingerprint density at radius 1 is 0.438 bits per heavy atom. The molecule has 5 unspecified atom stereocenters. The fraction of sp³-hybridized carbons (Fsp3) is 0.905. The molecule has 0 aromatic carbocycles. The van der Waals surface area contributed by atoms with E-state index < -0.39 is 11.9 Å². The van der Waals surface area contributed by atoms with Crippen molar-refractivity contribution in [3.05, 3.63) is 12.2 Å². The first-order valence-corrected chi connectivity index (χ1v) is 20.4. The molecule has 0 spiro atoms. The molecule has 48 heavy (non-hydrogen) atoms. The molecule has 4 nitrogen and oxygen atoms in total. The monoisotopic (exact) mass is 691 g/mol. The van der Waals surface area contributed by atoms with Gasteiger partial charge in [-0.25, -0.2) is 0 Å². The Morgan fingerprint density at radius 3 is 1.00 bits per heavy atom. The van der Waals surface area contributed by atoms with Crippen LogP contribution in [0.15, 0.2) is 12.2 Å². The first-order valence-electron chi connectivity index (χ1n) is 20.4. The van der Waals surface area contributed by atoms with Crippen molar-refractivity contribution in [1.29, 1.82) is 0 Å². The summed E-state index contributed by atoms with van der Waals surface area (Å²) in [7, 11) is 0. The molecule has 2 rings (SSSR count). The zero-order valence-electron chi connectivity index (χ0n) is 33.1. The predicted octanol–water partition coefficient (Wildman–Crippen LogP) is 4.76. The van der Waals surface area contributed by atoms with Crippen molar-refractivity contribution >= 4 is 11.9 Å². The molecule has 6 heteroatoms. The molecule has 0 heterocycles. The van der Waals surface area contributed by atoms with Crippen molar-refractivity contribution in [1.82, 2.24) is 0 Å². The summed E-state index contributed by atoms with van der Waals surface area (Å²) in [5, 5.41) is 20.7. The van der Waals surface area contributed by atoms with Crippen LogP contribution in [0.3, 0.4) is 0 Å². The minimum atomic E-state index is -0.905. The van der Waals surface area contributed by atoms with Crippen LogP contribution in [0.5, 0.6) is 0 Å². The third kappa shape index (κ3) is 25.6. The van der Waals surface area contributed by atoms with E-state index in [-0.39, 0.29) is 72.0 Å². The SMILES string of the molecule is CCCCCCCCC1C(C)C(C)C1CCCCCCCC(=O)[O-].CCCCCCCCC1C=C[C@H]1CCCCCCCC(=O)[O-].[Na+].[Na+]. The molecule has 0 aromatic heterocycles. The fourth-order valence-corrected chi connectivity index (χ4v) is 8.09. The molecule has 0 N–H and O–H groups in total. The number of carboxylic acids is 2. The second kappa shape index (κ2) is 34.7. The van der Waals surface area contributed by atoms with Crippen LogP contribution in [0.1, 0.15) is 207 Å². The Bertz CT molecular complexity index is 773. The number of unbranched alkanes of at least 4 members (excludes halogenated alkanes) is 18. The average Bonchev–Trinajstić information content (AvgIpc) is 3.02. The van der Waals surface area contributed by atoms with Gasteiger partial charge in [0.15, 0.2) is 0 Å². The molecule has 0 saturated heterocycles. The van der Waals surface area contributed by atoms with E-state index in [0.717, 1.165) is 61.2 Å². The summed E-state index contributed by atoms with van der Waals surface area (Å²) in [5.41, 5.74) is 0. The summed E-state index contributed by atoms with van der Waals surface area (Å²) in [6, 6.07) is 0. The number of rotatable bonds is 30. The van der Waals surface area contributed by atoms with Gasteiger partial charge in [-0.3, -0.25) is 0 Å². The average molecular weight is 691 g/mol. The molecule has 0 amide bonds. The molecular weight excluding hydrogens is 614 g/mol. The molecular formula is C42H76Na2O4. The first-order chi connectivity index (χ1) is 22.3. The van der Waals surface area contributed by atoms with Gasteiger partial charge in [0.05, 0.1) is 0 Å². The third-order valence-corrected chi connectivity index (χ3v) is 11.5. The van der Waals surface area contributed by atoms with Gasteiger partial charge in [0, 0.05) is 11.9 Å². The molecule has 1 fully saturated rings. The van der Waals surface area contributed by atoms with E-state index >= 15 is 0 Å². The van der Waals surface area contributed by atoms with Gasteiger partial charge < -0.3 is 19.8 Å². The van der Waals surface area contributed by atoms with Gasteiger partial charge >= 0.3 is 59.1 Å². The Kier molecular flexibility index (Phi) is 36.8. The zero-order valence-corrected chi connectivity index (χ0v) is 37.1. The number of allylic oxidation sites excluding steroid dienone is 2. The molecule has 0 bridgehead atoms. The van der Waals surface area contributed by atoms with Crippen LogP contribution in [0.2, 0.25) is 0 Å². The summed E-state index contributed by atoms with van der Waals surface area (Å²) in [4.78, 5) is 20.7. The normalized spacial score (nSPS) is 22.3. The van der Waals surface area contributed by atoms with Crippen LogP contribution in [-0.2, 0) is 9.59 Å². The summed E-state index contributed by atoms with van der Waals surface area (Å²) >= 11 is 0. The Hall–Kier alpha value is 0.680. The molecule has 1 saturated carbocycles. The van der Waals surface area contributed by atoms with Gasteiger partial charge in [0.2, 0.25) is 0 Å². The number of aliphatic carboxylic acids is 2. The van der Waals surface area contributed by atoms with Crippen molar-refractivity contribution in [3.8, 4) is 0 Å². The van der Waals surface area contributed by atoms with Crippen molar-refractivity contribution in [2.45, 2.75) is 207 Å². The summed E-state index contributed by atoms with van der Waals surface area (Å²) < 4.78 is 0. The second-order valence-electron chi connectivity index (χ2n) is 15.2. The molecule has 2 aliphatic carbocycles. The molecule has 0 aliphatic heterocycles. The van der Waals surface area contributed by atoms with E-state index in [0.29, 0.717) is 0 Å². The van der Waals surface area contributed by atoms with Gasteiger partial charge in [-0.15, -0.1) is 0 Å². The minimum Gasteiger partial charge on any atom is -0.550 e. The minimum absolute atomic E-state index is 0. The van der Waals surface area contributed by atoms with E-state index in [4.69, 9.17) is 0 Å². The topological polar surface area (TPSA) is 80.3 Å². The third-order valence-electron chi connectivity index (χ3n) is 11.5. The van der Waals surface area contributed by atoms with E-state index in [1.807, 2.05) is 0 Å². The molecule has 0 radical (unpaired) electrons. The van der Waals surface area contributed by atoms with Crippen molar-refractivity contribution in [2.24, 2.45) is 35.5 Å². The largest absolute Gasteiger partial charge is 1.00 e. The Balaban J connectivity index is 0. The predicted molar refractivity (Wildman–Crippen MR) is 192 cm³/mol. The van der Waals surface area contributed by atoms with Crippen LogP contribution in [0, 0.1) is 35.5 Å². The van der Waals surface area contributed by atoms with Crippen LogP contribution in [-0.4, -0.2) is 11.9 Å². The number of carbonyl (C=O) groups is 2. The number of hydrogen-bond acceptors (Lipinski definition) is 4. The maximum Gasteiger partial charge on any atom is 1.00 e. The van der Waals surface area contributed by atoms with E-state index in [9.17, 15) is 19.8 Å². The standard InChI is InChI=1S/C22H42O2.C20H36O2.2Na/c1-4-5-6-7-9-12-15-20-18(2)19(3)21(20)16-13-10-8-11-14-17-22(23)24;1-2-3-4-5-7-10-13-18-16-17-19(18)14-11-8-6-9-12-15-20(21)22;;/h18-21H,4-17H2,1-3H3,(H,23,24);16-19H,2-15H2,1H3,(H,21,22);;/q;;2*+1/p-2/t;18?,19-;;/m.1../s1. The van der Waals surface area contributed by atoms with Crippen molar-refractivity contribution in [3.63, 3.8) is 0 Å². The van der Waals surface area contributed by atoms with E-state index in [1.165, 1.54) is 141 Å². The smallest absolute Gasteiger partial charge is 0.550 e. The van der Waals surface area contributed by atoms with Crippen LogP contribution >= 0.6 is 0 Å². The number of carboxylic acid groups (broad SMARTS) is 2. The van der Waals surface area contributed by atoms with Gasteiger partial charge in [-0.1, -0.05) is 168 Å². The van der Waals surface area contributed by atoms with E-state index in [2.05, 4.69) is 39.8 Å². The number of carbonyl (C=O) groups excluding carboxylic acids is 2. The van der Waals surface area contributed by atoms with Gasteiger partial charge in [0.25, 0.3) is 0 Å². The first kappa shape index (κ1) is 50.8. The molecule has 270 valence electrons. The molecule has 6 atom stereocenters. The quantitative estimate of drug-likeness (QED) is 0.0619. The summed E-state index contributed by atoms with van der Waals surface area (Å²) in [5.74, 6) is 3.65. The fourth-order valence-electron chi connectivity index (χ4n) is 8.09. The van der Waals surface area contributed by atoms with Gasteiger partial charge in [-0.2, -0.15) is 0 Å². The zero-order chi connectivity index (χ0) is 33.8. The summed E-state index contributed by atoms with van der Waals surface area (Å²) in [6.07, 6.45) is 38.9. The van der Waals surface area contributed by atoms with Gasteiger partial charge in [-0.05, 0) is 86.9 Å². The van der Waals surface area contributed by atoms with Gasteiger partial charge in [0.1, 0.15) is 0 Å². The van der Waals surface area contributed by atoms with Crippen LogP contribution in [0.25, 0.3) is 0 Å². The Labute approximate surface area is 343 Å². The maximum atomic E-state index is 10.4. The Morgan fingerprint density at radius 2 is 0.708 bits per heavy atom. The van der Waals surface area contributed by atoms with Crippen molar-refractivity contribution in [2.75, 3.05) is 0 Å². The molecule has 2 aliphatic rings. The maximum absolute atomic E-state index is 10.4. The summed E-state index contributed by atoms with van der Waals surface area (Å²) in [6.45, 7) is 9.47. The van der Waals surface area contributed by atoms with Crippen LogP contribution in [0.4, 0.5) is 0 Å². The molecule has 0 aromatic rings. The van der Waals surface area contributed by atoms with Crippen molar-refractivity contribution < 1.29 is 78.9 Å². The number of hydrogen-bond donors (Lipinski definition) is 0. The van der Waals surface area contributed by atoms with E-state index in [1.54, 1.807) is 0 Å².